The van der Waals surface area contributed by atoms with Crippen molar-refractivity contribution >= 4 is 66.7 Å². The second-order valence-corrected chi connectivity index (χ2v) is 11.3. The van der Waals surface area contributed by atoms with E-state index in [1.807, 2.05) is 0 Å². The van der Waals surface area contributed by atoms with Crippen molar-refractivity contribution < 1.29 is 39.0 Å². The number of aliphatic hydroxyl groups is 1. The molecule has 5 amide bonds. The van der Waals surface area contributed by atoms with E-state index in [1.54, 1.807) is 0 Å². The molecular formula is C25H48N10O8S2. The van der Waals surface area contributed by atoms with Crippen molar-refractivity contribution in [1.29, 1.82) is 5.41 Å². The van der Waals surface area contributed by atoms with Crippen molar-refractivity contribution in [3.63, 3.8) is 0 Å². The van der Waals surface area contributed by atoms with E-state index >= 15 is 0 Å². The summed E-state index contributed by atoms with van der Waals surface area (Å²) in [6, 6.07) is -6.20. The van der Waals surface area contributed by atoms with Crippen LogP contribution in [0.2, 0.25) is 0 Å². The minimum absolute atomic E-state index is 0.0249. The molecule has 0 aromatic carbocycles. The Morgan fingerprint density at radius 3 is 1.84 bits per heavy atom. The first-order valence-electron chi connectivity index (χ1n) is 14.2. The number of aliphatic hydroxyl groups excluding tert-OH is 1. The third-order valence-corrected chi connectivity index (χ3v) is 7.09. The van der Waals surface area contributed by atoms with E-state index in [-0.39, 0.29) is 43.3 Å². The second kappa shape index (κ2) is 21.4. The topological polar surface area (TPSA) is 317 Å². The summed E-state index contributed by atoms with van der Waals surface area (Å²) < 4.78 is 0. The van der Waals surface area contributed by atoms with E-state index in [9.17, 15) is 33.9 Å². The fourth-order valence-corrected chi connectivity index (χ4v) is 4.05. The van der Waals surface area contributed by atoms with Gasteiger partial charge in [-0.05, 0) is 52.5 Å². The van der Waals surface area contributed by atoms with Crippen molar-refractivity contribution in [3.05, 3.63) is 0 Å². The number of thiol groups is 2. The molecule has 258 valence electrons. The molecule has 0 bridgehead atoms. The molecule has 0 saturated carbocycles. The predicted molar refractivity (Wildman–Crippen MR) is 172 cm³/mol. The Labute approximate surface area is 272 Å². The summed E-state index contributed by atoms with van der Waals surface area (Å²) in [6.07, 6.45) is 1.53. The van der Waals surface area contributed by atoms with Gasteiger partial charge < -0.3 is 59.3 Å². The number of guanidine groups is 1. The molecule has 0 aromatic heterocycles. The van der Waals surface area contributed by atoms with Crippen LogP contribution in [0.1, 0.15) is 46.0 Å². The number of nitrogens with two attached hydrogens (primary N) is 3. The zero-order chi connectivity index (χ0) is 34.7. The number of hydrogen-bond acceptors (Lipinski definition) is 12. The number of hydrogen-bond donors (Lipinski definition) is 14. The van der Waals surface area contributed by atoms with Gasteiger partial charge in [-0.3, -0.25) is 29.4 Å². The molecule has 0 heterocycles. The van der Waals surface area contributed by atoms with Crippen molar-refractivity contribution in [2.45, 2.75) is 81.7 Å². The number of carbonyl (C=O) groups excluding carboxylic acids is 5. The van der Waals surface area contributed by atoms with Gasteiger partial charge in [0.15, 0.2) is 5.96 Å². The van der Waals surface area contributed by atoms with E-state index in [4.69, 9.17) is 27.7 Å². The van der Waals surface area contributed by atoms with Crippen LogP contribution in [0.25, 0.3) is 0 Å². The molecule has 15 N–H and O–H groups in total. The molecule has 0 saturated heterocycles. The highest BCUT2D eigenvalue weighted by Crippen LogP contribution is 2.09. The zero-order valence-corrected chi connectivity index (χ0v) is 27.2. The van der Waals surface area contributed by atoms with Crippen LogP contribution in [-0.4, -0.2) is 119 Å². The van der Waals surface area contributed by atoms with Crippen molar-refractivity contribution in [2.24, 2.45) is 17.2 Å². The second-order valence-electron chi connectivity index (χ2n) is 10.6. The smallest absolute Gasteiger partial charge is 0.327 e. The van der Waals surface area contributed by atoms with Gasteiger partial charge in [-0.1, -0.05) is 0 Å². The van der Waals surface area contributed by atoms with E-state index in [0.717, 1.165) is 0 Å². The summed E-state index contributed by atoms with van der Waals surface area (Å²) in [5.41, 5.74) is 14.9. The first kappa shape index (κ1) is 41.7. The normalized spacial score (nSPS) is 14.5. The number of carboxylic acid groups (broad SMARTS) is 1. The molecule has 0 fully saturated rings. The third-order valence-electron chi connectivity index (χ3n) is 6.34. The highest BCUT2D eigenvalue weighted by atomic mass is 32.1. The Morgan fingerprint density at radius 2 is 1.33 bits per heavy atom. The number of aliphatic carboxylic acids is 1. The summed E-state index contributed by atoms with van der Waals surface area (Å²) in [5.74, 6) is -5.88. The van der Waals surface area contributed by atoms with Crippen LogP contribution >= 0.6 is 25.3 Å². The van der Waals surface area contributed by atoms with Gasteiger partial charge in [0.25, 0.3) is 0 Å². The minimum Gasteiger partial charge on any atom is -0.480 e. The average Bonchev–Trinajstić information content (AvgIpc) is 2.97. The fraction of sp³-hybridized carbons (Fsp3) is 0.720. The SMILES string of the molecule is CC(C)(NC(=O)[C@H](CCCNC(=N)N)NC(=O)[C@H](CCCCN)NC(=O)[C@@H](N)CS)C(=O)N[C@@H](CO)C(=O)N[C@@H](CS)C(=O)O. The fourth-order valence-electron chi connectivity index (χ4n) is 3.64. The zero-order valence-electron chi connectivity index (χ0n) is 25.4. The van der Waals surface area contributed by atoms with Gasteiger partial charge in [-0.25, -0.2) is 4.79 Å². The third kappa shape index (κ3) is 16.0. The van der Waals surface area contributed by atoms with Crippen LogP contribution in [0.15, 0.2) is 0 Å². The van der Waals surface area contributed by atoms with Gasteiger partial charge in [0, 0.05) is 18.1 Å². The number of carboxylic acids is 1. The molecule has 0 aliphatic heterocycles. The largest absolute Gasteiger partial charge is 0.480 e. The lowest BCUT2D eigenvalue weighted by molar-refractivity contribution is -0.142. The Kier molecular flexibility index (Phi) is 19.8. The lowest BCUT2D eigenvalue weighted by Crippen LogP contribution is -2.63. The summed E-state index contributed by atoms with van der Waals surface area (Å²) in [6.45, 7) is 2.29. The number of amides is 5. The van der Waals surface area contributed by atoms with E-state index in [1.165, 1.54) is 13.8 Å². The molecule has 18 nitrogen and oxygen atoms in total. The number of unbranched alkanes of at least 4 members (excludes halogenated alkanes) is 1. The monoisotopic (exact) mass is 680 g/mol. The lowest BCUT2D eigenvalue weighted by Gasteiger charge is -2.30. The molecule has 0 aliphatic carbocycles. The summed E-state index contributed by atoms with van der Waals surface area (Å²) >= 11 is 7.85. The van der Waals surface area contributed by atoms with Gasteiger partial charge in [0.2, 0.25) is 29.5 Å². The maximum absolute atomic E-state index is 13.4. The lowest BCUT2D eigenvalue weighted by atomic mass is 10.0. The molecular weight excluding hydrogens is 632 g/mol. The van der Waals surface area contributed by atoms with Gasteiger partial charge >= 0.3 is 5.97 Å². The molecule has 45 heavy (non-hydrogen) atoms. The Hall–Kier alpha value is -3.33. The molecule has 20 heteroatoms. The Balaban J connectivity index is 5.84. The van der Waals surface area contributed by atoms with Crippen molar-refractivity contribution in [2.75, 3.05) is 31.2 Å². The summed E-state index contributed by atoms with van der Waals surface area (Å²) in [7, 11) is 0. The van der Waals surface area contributed by atoms with Crippen LogP contribution in [-0.2, 0) is 28.8 Å². The summed E-state index contributed by atoms with van der Waals surface area (Å²) in [5, 5.41) is 40.7. The van der Waals surface area contributed by atoms with Gasteiger partial charge in [-0.2, -0.15) is 25.3 Å². The van der Waals surface area contributed by atoms with Crippen molar-refractivity contribution in [3.8, 4) is 0 Å². The minimum atomic E-state index is -1.70. The molecule has 0 aliphatic rings. The standard InChI is InChI=1S/C25H48N10O8S2/c1-25(2,23(43)34-16(10-36)20(39)33-17(12-45)22(41)42)35-21(40)15(7-5-9-30-24(28)29)32-19(38)14(6-3-4-8-26)31-18(37)13(27)11-44/h13-17,36,44-45H,3-12,26-27H2,1-2H3,(H,31,37)(H,32,38)(H,33,39)(H,34,43)(H,35,40)(H,41,42)(H4,28,29,30)/t13-,14-,15-,16-,17-/m0/s1. The molecule has 0 aromatic rings. The van der Waals surface area contributed by atoms with Crippen molar-refractivity contribution in [1.82, 2.24) is 31.9 Å². The van der Waals surface area contributed by atoms with Gasteiger partial charge in [0.05, 0.1) is 12.6 Å². The highest BCUT2D eigenvalue weighted by Gasteiger charge is 2.36. The summed E-state index contributed by atoms with van der Waals surface area (Å²) in [4.78, 5) is 75.8. The predicted octanol–water partition coefficient (Wildman–Crippen LogP) is -4.52. The van der Waals surface area contributed by atoms with Crippen LogP contribution in [0, 0.1) is 5.41 Å². The first-order chi connectivity index (χ1) is 21.0. The number of nitrogens with one attached hydrogen (secondary N) is 7. The molecule has 0 rings (SSSR count). The van der Waals surface area contributed by atoms with Crippen LogP contribution in [0.5, 0.6) is 0 Å². The van der Waals surface area contributed by atoms with Crippen LogP contribution in [0.4, 0.5) is 0 Å². The van der Waals surface area contributed by atoms with Crippen LogP contribution < -0.4 is 49.1 Å². The molecule has 0 radical (unpaired) electrons. The average molecular weight is 681 g/mol. The maximum Gasteiger partial charge on any atom is 0.327 e. The number of rotatable bonds is 22. The van der Waals surface area contributed by atoms with E-state index in [2.05, 4.69) is 57.2 Å². The van der Waals surface area contributed by atoms with E-state index < -0.39 is 77.9 Å². The number of carbonyl (C=O) groups is 6. The quantitative estimate of drug-likeness (QED) is 0.0223. The van der Waals surface area contributed by atoms with Gasteiger partial charge in [0.1, 0.15) is 29.7 Å². The van der Waals surface area contributed by atoms with E-state index in [0.29, 0.717) is 19.4 Å². The molecule has 0 spiro atoms. The Bertz CT molecular complexity index is 1040. The maximum atomic E-state index is 13.4. The Morgan fingerprint density at radius 1 is 0.800 bits per heavy atom. The highest BCUT2D eigenvalue weighted by molar-refractivity contribution is 7.80. The first-order valence-corrected chi connectivity index (χ1v) is 15.4. The van der Waals surface area contributed by atoms with Crippen LogP contribution in [0.3, 0.4) is 0 Å². The van der Waals surface area contributed by atoms with Gasteiger partial charge in [-0.15, -0.1) is 0 Å². The molecule has 5 atom stereocenters. The molecule has 0 unspecified atom stereocenters.